The van der Waals surface area contributed by atoms with E-state index < -0.39 is 0 Å². The highest BCUT2D eigenvalue weighted by molar-refractivity contribution is 7.99. The van der Waals surface area contributed by atoms with E-state index in [1.807, 2.05) is 11.8 Å². The normalized spacial score (nSPS) is 28.3. The van der Waals surface area contributed by atoms with Crippen molar-refractivity contribution in [2.24, 2.45) is 0 Å². The molecule has 1 aromatic rings. The summed E-state index contributed by atoms with van der Waals surface area (Å²) < 4.78 is 0. The third-order valence-electron chi connectivity index (χ3n) is 4.20. The SMILES string of the molecule is CCC1CNCCN1CC1CSc2ccccc21. The zero-order valence-corrected chi connectivity index (χ0v) is 11.9. The molecule has 0 spiro atoms. The summed E-state index contributed by atoms with van der Waals surface area (Å²) in [5, 5.41) is 3.51. The molecule has 0 saturated carbocycles. The average Bonchev–Trinajstić information content (AvgIpc) is 2.83. The second-order valence-electron chi connectivity index (χ2n) is 5.31. The van der Waals surface area contributed by atoms with E-state index in [4.69, 9.17) is 0 Å². The van der Waals surface area contributed by atoms with Crippen molar-refractivity contribution in [1.82, 2.24) is 10.2 Å². The van der Waals surface area contributed by atoms with Crippen molar-refractivity contribution in [2.45, 2.75) is 30.2 Å². The number of piperazine rings is 1. The smallest absolute Gasteiger partial charge is 0.0218 e. The molecule has 1 fully saturated rings. The molecule has 98 valence electrons. The third-order valence-corrected chi connectivity index (χ3v) is 5.45. The van der Waals surface area contributed by atoms with Gasteiger partial charge in [0.1, 0.15) is 0 Å². The standard InChI is InChI=1S/C15H22N2S/c1-2-13-9-16-7-8-17(13)10-12-11-18-15-6-4-3-5-14(12)15/h3-6,12-13,16H,2,7-11H2,1H3. The maximum absolute atomic E-state index is 3.51. The van der Waals surface area contributed by atoms with E-state index in [1.54, 1.807) is 5.56 Å². The van der Waals surface area contributed by atoms with Gasteiger partial charge < -0.3 is 5.32 Å². The van der Waals surface area contributed by atoms with Crippen molar-refractivity contribution < 1.29 is 0 Å². The topological polar surface area (TPSA) is 15.3 Å². The Morgan fingerprint density at radius 3 is 3.17 bits per heavy atom. The molecule has 0 aromatic heterocycles. The molecule has 1 aromatic carbocycles. The average molecular weight is 262 g/mol. The fourth-order valence-corrected chi connectivity index (χ4v) is 4.35. The van der Waals surface area contributed by atoms with Gasteiger partial charge in [-0.3, -0.25) is 4.90 Å². The lowest BCUT2D eigenvalue weighted by atomic mass is 9.99. The Hall–Kier alpha value is -0.510. The van der Waals surface area contributed by atoms with Crippen LogP contribution in [-0.2, 0) is 0 Å². The number of hydrogen-bond acceptors (Lipinski definition) is 3. The molecule has 3 heteroatoms. The highest BCUT2D eigenvalue weighted by Gasteiger charge is 2.28. The molecule has 0 amide bonds. The number of fused-ring (bicyclic) bond motifs is 1. The third kappa shape index (κ3) is 2.44. The minimum Gasteiger partial charge on any atom is -0.314 e. The molecule has 2 nitrogen and oxygen atoms in total. The Labute approximate surface area is 114 Å². The Morgan fingerprint density at radius 1 is 1.39 bits per heavy atom. The first-order valence-corrected chi connectivity index (χ1v) is 8.03. The Balaban J connectivity index is 1.70. The van der Waals surface area contributed by atoms with Gasteiger partial charge in [-0.1, -0.05) is 25.1 Å². The lowest BCUT2D eigenvalue weighted by Crippen LogP contribution is -2.52. The van der Waals surface area contributed by atoms with Crippen LogP contribution in [-0.4, -0.2) is 42.9 Å². The molecular weight excluding hydrogens is 240 g/mol. The van der Waals surface area contributed by atoms with Crippen LogP contribution in [0.15, 0.2) is 29.2 Å². The Morgan fingerprint density at radius 2 is 2.28 bits per heavy atom. The van der Waals surface area contributed by atoms with Crippen molar-refractivity contribution in [3.8, 4) is 0 Å². The first-order chi connectivity index (χ1) is 8.88. The predicted octanol–water partition coefficient (Wildman–Crippen LogP) is 2.56. The molecule has 1 N–H and O–H groups in total. The van der Waals surface area contributed by atoms with E-state index in [1.165, 1.54) is 30.2 Å². The van der Waals surface area contributed by atoms with Crippen molar-refractivity contribution in [3.05, 3.63) is 29.8 Å². The van der Waals surface area contributed by atoms with Gasteiger partial charge >= 0.3 is 0 Å². The second-order valence-corrected chi connectivity index (χ2v) is 6.37. The number of nitrogens with zero attached hydrogens (tertiary/aromatic N) is 1. The van der Waals surface area contributed by atoms with Gasteiger partial charge in [0.15, 0.2) is 0 Å². The van der Waals surface area contributed by atoms with Gasteiger partial charge in [0.05, 0.1) is 0 Å². The van der Waals surface area contributed by atoms with Gasteiger partial charge in [-0.05, 0) is 18.1 Å². The summed E-state index contributed by atoms with van der Waals surface area (Å²) in [5.74, 6) is 2.00. The first-order valence-electron chi connectivity index (χ1n) is 7.05. The van der Waals surface area contributed by atoms with Gasteiger partial charge in [-0.2, -0.15) is 0 Å². The van der Waals surface area contributed by atoms with E-state index in [0.29, 0.717) is 0 Å². The van der Waals surface area contributed by atoms with Crippen LogP contribution in [0.1, 0.15) is 24.8 Å². The van der Waals surface area contributed by atoms with Crippen LogP contribution < -0.4 is 5.32 Å². The van der Waals surface area contributed by atoms with Gasteiger partial charge in [-0.25, -0.2) is 0 Å². The number of benzene rings is 1. The van der Waals surface area contributed by atoms with Gasteiger partial charge in [0, 0.05) is 48.8 Å². The summed E-state index contributed by atoms with van der Waals surface area (Å²) in [5.41, 5.74) is 1.58. The van der Waals surface area contributed by atoms with Gasteiger partial charge in [0.25, 0.3) is 0 Å². The molecular formula is C15H22N2S. The van der Waals surface area contributed by atoms with Crippen LogP contribution in [0.2, 0.25) is 0 Å². The van der Waals surface area contributed by atoms with Gasteiger partial charge in [-0.15, -0.1) is 11.8 Å². The summed E-state index contributed by atoms with van der Waals surface area (Å²) in [4.78, 5) is 4.20. The van der Waals surface area contributed by atoms with Crippen molar-refractivity contribution in [2.75, 3.05) is 31.9 Å². The molecule has 2 aliphatic heterocycles. The molecule has 0 radical (unpaired) electrons. The van der Waals surface area contributed by atoms with E-state index in [2.05, 4.69) is 41.4 Å². The summed E-state index contributed by atoms with van der Waals surface area (Å²) in [6.07, 6.45) is 1.26. The second kappa shape index (κ2) is 5.64. The summed E-state index contributed by atoms with van der Waals surface area (Å²) in [6, 6.07) is 9.68. The van der Waals surface area contributed by atoms with Crippen LogP contribution >= 0.6 is 11.8 Å². The number of rotatable bonds is 3. The Kier molecular flexibility index (Phi) is 3.92. The minimum absolute atomic E-state index is 0.733. The highest BCUT2D eigenvalue weighted by Crippen LogP contribution is 2.39. The molecule has 1 saturated heterocycles. The highest BCUT2D eigenvalue weighted by atomic mass is 32.2. The lowest BCUT2D eigenvalue weighted by Gasteiger charge is -2.37. The lowest BCUT2D eigenvalue weighted by molar-refractivity contribution is 0.150. The number of hydrogen-bond donors (Lipinski definition) is 1. The van der Waals surface area contributed by atoms with Crippen LogP contribution in [0.25, 0.3) is 0 Å². The molecule has 2 atom stereocenters. The molecule has 0 aliphatic carbocycles. The molecule has 2 unspecified atom stereocenters. The van der Waals surface area contributed by atoms with Gasteiger partial charge in [0.2, 0.25) is 0 Å². The monoisotopic (exact) mass is 262 g/mol. The zero-order valence-electron chi connectivity index (χ0n) is 11.1. The van der Waals surface area contributed by atoms with Crippen molar-refractivity contribution in [1.29, 1.82) is 0 Å². The summed E-state index contributed by atoms with van der Waals surface area (Å²) in [7, 11) is 0. The molecule has 18 heavy (non-hydrogen) atoms. The number of nitrogens with one attached hydrogen (secondary N) is 1. The minimum atomic E-state index is 0.733. The Bertz CT molecular complexity index is 407. The zero-order chi connectivity index (χ0) is 12.4. The number of thioether (sulfide) groups is 1. The van der Waals surface area contributed by atoms with Crippen molar-refractivity contribution in [3.63, 3.8) is 0 Å². The van der Waals surface area contributed by atoms with E-state index >= 15 is 0 Å². The van der Waals surface area contributed by atoms with E-state index in [-0.39, 0.29) is 0 Å². The largest absolute Gasteiger partial charge is 0.314 e. The van der Waals surface area contributed by atoms with Crippen molar-refractivity contribution >= 4 is 11.8 Å². The fourth-order valence-electron chi connectivity index (χ4n) is 3.11. The fraction of sp³-hybridized carbons (Fsp3) is 0.600. The van der Waals surface area contributed by atoms with Crippen LogP contribution in [0.5, 0.6) is 0 Å². The van der Waals surface area contributed by atoms with Crippen LogP contribution in [0, 0.1) is 0 Å². The molecule has 2 heterocycles. The maximum atomic E-state index is 3.51. The van der Waals surface area contributed by atoms with E-state index in [0.717, 1.165) is 25.0 Å². The summed E-state index contributed by atoms with van der Waals surface area (Å²) >= 11 is 2.03. The van der Waals surface area contributed by atoms with Crippen LogP contribution in [0.3, 0.4) is 0 Å². The quantitative estimate of drug-likeness (QED) is 0.901. The molecule has 2 aliphatic rings. The maximum Gasteiger partial charge on any atom is 0.0218 e. The summed E-state index contributed by atoms with van der Waals surface area (Å²) in [6.45, 7) is 7.07. The van der Waals surface area contributed by atoms with E-state index in [9.17, 15) is 0 Å². The molecule has 0 bridgehead atoms. The first kappa shape index (κ1) is 12.5. The predicted molar refractivity (Wildman–Crippen MR) is 78.4 cm³/mol. The van der Waals surface area contributed by atoms with Crippen LogP contribution in [0.4, 0.5) is 0 Å². The molecule has 3 rings (SSSR count).